The molecule has 2 fully saturated rings. The van der Waals surface area contributed by atoms with E-state index in [2.05, 4.69) is 48.6 Å². The Labute approximate surface area is 338 Å². The van der Waals surface area contributed by atoms with E-state index in [0.29, 0.717) is 59.3 Å². The summed E-state index contributed by atoms with van der Waals surface area (Å²) in [7, 11) is 1.72. The second-order valence-electron chi connectivity index (χ2n) is 17.1. The minimum Gasteiger partial charge on any atom is -0.376 e. The van der Waals surface area contributed by atoms with E-state index >= 15 is 9.18 Å². The number of hydrogen-bond acceptors (Lipinski definition) is 5. The van der Waals surface area contributed by atoms with Gasteiger partial charge in [-0.1, -0.05) is 18.5 Å². The first-order chi connectivity index (χ1) is 27.7. The van der Waals surface area contributed by atoms with Crippen LogP contribution in [0.5, 0.6) is 0 Å². The Morgan fingerprint density at radius 2 is 1.79 bits per heavy atom. The highest BCUT2D eigenvalue weighted by Crippen LogP contribution is 2.50. The Hall–Kier alpha value is -5.53. The van der Waals surface area contributed by atoms with Crippen molar-refractivity contribution in [1.29, 1.82) is 0 Å². The summed E-state index contributed by atoms with van der Waals surface area (Å²) < 4.78 is 44.4. The zero-order valence-electron chi connectivity index (χ0n) is 33.0. The van der Waals surface area contributed by atoms with E-state index in [4.69, 9.17) is 21.4 Å². The summed E-state index contributed by atoms with van der Waals surface area (Å²) in [6.07, 6.45) is 10.9. The number of aromatic nitrogens is 7. The fourth-order valence-corrected chi connectivity index (χ4v) is 9.55. The molecule has 11 nitrogen and oxygen atoms in total. The largest absolute Gasteiger partial charge is 0.376 e. The van der Waals surface area contributed by atoms with Gasteiger partial charge in [0.05, 0.1) is 56.4 Å². The predicted molar refractivity (Wildman–Crippen MR) is 217 cm³/mol. The minimum absolute atomic E-state index is 0.0597. The van der Waals surface area contributed by atoms with Crippen LogP contribution in [0.2, 0.25) is 5.02 Å². The third kappa shape index (κ3) is 5.68. The zero-order chi connectivity index (χ0) is 40.4. The van der Waals surface area contributed by atoms with Crippen LogP contribution in [0.1, 0.15) is 98.2 Å². The van der Waals surface area contributed by atoms with Crippen molar-refractivity contribution < 1.29 is 18.3 Å². The number of carbonyl (C=O) groups is 1. The SMILES string of the molecule is C[C@H]1c2c(nn(-c3ccc(F)c(Cl)c3)c2-n2ccn(-c3ccc4c(cnn4C)c3F)c2=O)CCN1C(=O)c1cc2cc([C@@H]3CCOC(C)(C)C3)ccn2c1C1(C)CC1. The molecule has 0 radical (unpaired) electrons. The molecule has 1 saturated carbocycles. The van der Waals surface area contributed by atoms with Crippen molar-refractivity contribution in [3.63, 3.8) is 0 Å². The van der Waals surface area contributed by atoms with Gasteiger partial charge in [-0.2, -0.15) is 10.2 Å². The Kier molecular flexibility index (Phi) is 8.24. The maximum Gasteiger partial charge on any atom is 0.338 e. The van der Waals surface area contributed by atoms with E-state index in [0.717, 1.165) is 36.9 Å². The van der Waals surface area contributed by atoms with Crippen LogP contribution in [-0.4, -0.2) is 62.7 Å². The highest BCUT2D eigenvalue weighted by Gasteiger charge is 2.46. The summed E-state index contributed by atoms with van der Waals surface area (Å²) in [4.78, 5) is 31.4. The van der Waals surface area contributed by atoms with Gasteiger partial charge < -0.3 is 14.0 Å². The number of nitrogens with zero attached hydrogens (tertiary/aromatic N) is 8. The van der Waals surface area contributed by atoms with Gasteiger partial charge >= 0.3 is 5.69 Å². The molecule has 10 rings (SSSR count). The lowest BCUT2D eigenvalue weighted by Gasteiger charge is -2.35. The van der Waals surface area contributed by atoms with Crippen molar-refractivity contribution in [2.24, 2.45) is 7.05 Å². The second-order valence-corrected chi connectivity index (χ2v) is 17.5. The van der Waals surface area contributed by atoms with Gasteiger partial charge in [0.15, 0.2) is 5.82 Å². The third-order valence-corrected chi connectivity index (χ3v) is 13.0. The monoisotopic (exact) mass is 804 g/mol. The van der Waals surface area contributed by atoms with Gasteiger partial charge in [0.1, 0.15) is 11.6 Å². The van der Waals surface area contributed by atoms with Crippen LogP contribution < -0.4 is 5.69 Å². The summed E-state index contributed by atoms with van der Waals surface area (Å²) >= 11 is 6.29. The van der Waals surface area contributed by atoms with Crippen LogP contribution in [0.25, 0.3) is 33.6 Å². The van der Waals surface area contributed by atoms with Gasteiger partial charge in [0, 0.05) is 67.4 Å². The predicted octanol–water partition coefficient (Wildman–Crippen LogP) is 8.37. The number of imidazole rings is 1. The number of ether oxygens (including phenoxy) is 1. The van der Waals surface area contributed by atoms with E-state index in [-0.39, 0.29) is 33.0 Å². The summed E-state index contributed by atoms with van der Waals surface area (Å²) in [5.74, 6) is -0.557. The summed E-state index contributed by atoms with van der Waals surface area (Å²) in [5.41, 5.74) is 5.47. The smallest absolute Gasteiger partial charge is 0.338 e. The first-order valence-electron chi connectivity index (χ1n) is 19.8. The Bertz CT molecular complexity index is 2890. The maximum atomic E-state index is 16.0. The molecule has 2 atom stereocenters. The third-order valence-electron chi connectivity index (χ3n) is 12.7. The lowest BCUT2D eigenvalue weighted by atomic mass is 9.84. The average Bonchev–Trinajstić information content (AvgIpc) is 3.54. The van der Waals surface area contributed by atoms with Crippen LogP contribution >= 0.6 is 11.6 Å². The van der Waals surface area contributed by atoms with Crippen LogP contribution in [0.3, 0.4) is 0 Å². The number of halogens is 3. The summed E-state index contributed by atoms with van der Waals surface area (Å²) in [6.45, 7) is 9.56. The van der Waals surface area contributed by atoms with Crippen LogP contribution in [0.15, 0.2) is 78.1 Å². The molecule has 2 aromatic carbocycles. The fraction of sp³-hybridized carbons (Fsp3) is 0.364. The molecule has 58 heavy (non-hydrogen) atoms. The quantitative estimate of drug-likeness (QED) is 0.168. The number of benzene rings is 2. The molecule has 0 spiro atoms. The molecule has 7 aromatic rings. The first kappa shape index (κ1) is 36.8. The molecule has 3 aliphatic rings. The highest BCUT2D eigenvalue weighted by molar-refractivity contribution is 6.30. The van der Waals surface area contributed by atoms with Crippen molar-refractivity contribution in [3.8, 4) is 17.2 Å². The Morgan fingerprint density at radius 1 is 1.00 bits per heavy atom. The van der Waals surface area contributed by atoms with E-state index < -0.39 is 23.4 Å². The van der Waals surface area contributed by atoms with Gasteiger partial charge in [-0.3, -0.25) is 18.6 Å². The summed E-state index contributed by atoms with van der Waals surface area (Å²) in [6, 6.07) is 13.5. The fourth-order valence-electron chi connectivity index (χ4n) is 9.37. The van der Waals surface area contributed by atoms with Crippen molar-refractivity contribution >= 4 is 33.9 Å². The number of rotatable bonds is 6. The molecular weight excluding hydrogens is 762 g/mol. The first-order valence-corrected chi connectivity index (χ1v) is 20.2. The topological polar surface area (TPSA) is 96.5 Å². The minimum atomic E-state index is -0.595. The molecule has 5 aromatic heterocycles. The van der Waals surface area contributed by atoms with Crippen molar-refractivity contribution in [2.45, 2.75) is 82.8 Å². The van der Waals surface area contributed by atoms with E-state index in [1.807, 2.05) is 17.9 Å². The molecule has 0 unspecified atom stereocenters. The summed E-state index contributed by atoms with van der Waals surface area (Å²) in [5, 5.41) is 9.32. The molecule has 0 bridgehead atoms. The zero-order valence-corrected chi connectivity index (χ0v) is 33.7. The molecule has 14 heteroatoms. The number of amides is 1. The van der Waals surface area contributed by atoms with Crippen molar-refractivity contribution in [2.75, 3.05) is 13.2 Å². The van der Waals surface area contributed by atoms with Gasteiger partial charge in [-0.05, 0) is 106 Å². The Balaban J connectivity index is 1.08. The van der Waals surface area contributed by atoms with Crippen molar-refractivity contribution in [3.05, 3.63) is 129 Å². The highest BCUT2D eigenvalue weighted by atomic mass is 35.5. The van der Waals surface area contributed by atoms with Crippen LogP contribution in [-0.2, 0) is 23.6 Å². The molecule has 0 N–H and O–H groups in total. The molecular formula is C44H43ClF2N8O3. The molecule has 1 saturated heterocycles. The van der Waals surface area contributed by atoms with Gasteiger partial charge in [0.2, 0.25) is 0 Å². The molecule has 298 valence electrons. The van der Waals surface area contributed by atoms with E-state index in [1.165, 1.54) is 39.2 Å². The molecule has 1 amide bonds. The van der Waals surface area contributed by atoms with Gasteiger partial charge in [-0.15, -0.1) is 0 Å². The van der Waals surface area contributed by atoms with Crippen LogP contribution in [0, 0.1) is 11.6 Å². The lowest BCUT2D eigenvalue weighted by Crippen LogP contribution is -2.40. The van der Waals surface area contributed by atoms with Gasteiger partial charge in [-0.25, -0.2) is 18.3 Å². The Morgan fingerprint density at radius 3 is 2.55 bits per heavy atom. The number of hydrogen-bond donors (Lipinski definition) is 0. The second kappa shape index (κ2) is 13.0. The number of carbonyl (C=O) groups excluding carboxylic acids is 1. The molecule has 2 aliphatic heterocycles. The standard InChI is InChI=1S/C44H43ClF2N8O3/c1-25-37-34(11-16-51(25)41(56)30-21-29-20-26(27-12-19-58-43(2,3)23-27)10-15-52(29)39(30)44(4)13-14-44)49-55(28-6-7-33(46)32(45)22-28)40(37)54-18-17-53(42(54)57)36-9-8-35-31(38(36)47)24-48-50(35)5/h6-10,15,17-18,20-22,24-25,27H,11-14,16,19,23H2,1-5H3/t25-,27+/m0/s1. The van der Waals surface area contributed by atoms with Gasteiger partial charge in [0.25, 0.3) is 5.91 Å². The maximum absolute atomic E-state index is 16.0. The number of aryl methyl sites for hydroxylation is 1. The molecule has 7 heterocycles. The van der Waals surface area contributed by atoms with Crippen LogP contribution in [0.4, 0.5) is 8.78 Å². The molecule has 1 aliphatic carbocycles. The lowest BCUT2D eigenvalue weighted by molar-refractivity contribution is -0.0593. The average molecular weight is 805 g/mol. The van der Waals surface area contributed by atoms with E-state index in [1.54, 1.807) is 40.8 Å². The van der Waals surface area contributed by atoms with E-state index in [9.17, 15) is 9.18 Å². The number of fused-ring (bicyclic) bond motifs is 3. The van der Waals surface area contributed by atoms with Crippen molar-refractivity contribution in [1.82, 2.24) is 38.0 Å². The normalized spacial score (nSPS) is 19.9. The number of pyridine rings is 1.